The van der Waals surface area contributed by atoms with Gasteiger partial charge in [-0.3, -0.25) is 19.0 Å². The van der Waals surface area contributed by atoms with Crippen LogP contribution in [0.2, 0.25) is 0 Å². The van der Waals surface area contributed by atoms with Crippen molar-refractivity contribution in [3.63, 3.8) is 0 Å². The Labute approximate surface area is 182 Å². The van der Waals surface area contributed by atoms with Crippen LogP contribution >= 0.6 is 11.3 Å². The van der Waals surface area contributed by atoms with Crippen LogP contribution in [0.5, 0.6) is 0 Å². The van der Waals surface area contributed by atoms with Gasteiger partial charge < -0.3 is 10.6 Å². The zero-order valence-corrected chi connectivity index (χ0v) is 17.6. The van der Waals surface area contributed by atoms with Gasteiger partial charge in [0.1, 0.15) is 4.83 Å². The van der Waals surface area contributed by atoms with E-state index < -0.39 is 0 Å². The molecule has 4 aromatic rings. The molecule has 4 rings (SSSR count). The highest BCUT2D eigenvalue weighted by atomic mass is 32.1. The van der Waals surface area contributed by atoms with Crippen LogP contribution in [0.25, 0.3) is 10.2 Å². The summed E-state index contributed by atoms with van der Waals surface area (Å²) in [4.78, 5) is 42.6. The number of hydrogen-bond acceptors (Lipinski definition) is 5. The molecule has 2 heterocycles. The third-order valence-corrected chi connectivity index (χ3v) is 5.57. The zero-order chi connectivity index (χ0) is 21.8. The normalized spacial score (nSPS) is 10.7. The smallest absolute Gasteiger partial charge is 0.262 e. The molecule has 7 nitrogen and oxygen atoms in total. The van der Waals surface area contributed by atoms with Gasteiger partial charge in [-0.15, -0.1) is 11.3 Å². The molecule has 0 bridgehead atoms. The first-order valence-corrected chi connectivity index (χ1v) is 10.6. The molecule has 0 radical (unpaired) electrons. The minimum absolute atomic E-state index is 0.0745. The van der Waals surface area contributed by atoms with E-state index in [1.807, 2.05) is 36.6 Å². The van der Waals surface area contributed by atoms with Crippen molar-refractivity contribution in [2.24, 2.45) is 0 Å². The molecular formula is C23H20N4O3S. The first-order chi connectivity index (χ1) is 15.0. The summed E-state index contributed by atoms with van der Waals surface area (Å²) in [6, 6.07) is 16.0. The lowest BCUT2D eigenvalue weighted by molar-refractivity contribution is -0.116. The number of nitrogens with one attached hydrogen (secondary N) is 2. The van der Waals surface area contributed by atoms with E-state index in [2.05, 4.69) is 15.6 Å². The van der Waals surface area contributed by atoms with Crippen molar-refractivity contribution in [2.45, 2.75) is 19.9 Å². The first kappa shape index (κ1) is 20.5. The molecule has 2 N–H and O–H groups in total. The quantitative estimate of drug-likeness (QED) is 0.481. The van der Waals surface area contributed by atoms with Gasteiger partial charge in [-0.25, -0.2) is 4.98 Å². The number of rotatable bonds is 6. The second-order valence-corrected chi connectivity index (χ2v) is 7.94. The summed E-state index contributed by atoms with van der Waals surface area (Å²) in [6.45, 7) is 2.14. The highest BCUT2D eigenvalue weighted by Gasteiger charge is 2.14. The van der Waals surface area contributed by atoms with Gasteiger partial charge in [-0.2, -0.15) is 0 Å². The first-order valence-electron chi connectivity index (χ1n) is 9.71. The number of thiophene rings is 1. The van der Waals surface area contributed by atoms with E-state index in [0.717, 1.165) is 5.56 Å². The molecule has 31 heavy (non-hydrogen) atoms. The van der Waals surface area contributed by atoms with E-state index in [-0.39, 0.29) is 30.3 Å². The Bertz CT molecular complexity index is 1330. The minimum Gasteiger partial charge on any atom is -0.325 e. The van der Waals surface area contributed by atoms with Crippen molar-refractivity contribution in [3.05, 3.63) is 87.8 Å². The molecule has 8 heteroatoms. The second kappa shape index (κ2) is 8.93. The van der Waals surface area contributed by atoms with Crippen LogP contribution in [0.15, 0.2) is 71.1 Å². The minimum atomic E-state index is -0.315. The van der Waals surface area contributed by atoms with Crippen LogP contribution in [0.1, 0.15) is 22.3 Å². The number of para-hydroxylation sites is 1. The average molecular weight is 433 g/mol. The number of anilines is 2. The molecule has 156 valence electrons. The molecule has 0 aliphatic rings. The number of carbonyl (C=O) groups is 2. The van der Waals surface area contributed by atoms with Gasteiger partial charge in [0.15, 0.2) is 0 Å². The van der Waals surface area contributed by atoms with E-state index in [0.29, 0.717) is 27.2 Å². The lowest BCUT2D eigenvalue weighted by atomic mass is 10.1. The van der Waals surface area contributed by atoms with E-state index in [9.17, 15) is 14.4 Å². The summed E-state index contributed by atoms with van der Waals surface area (Å²) >= 11 is 1.40. The van der Waals surface area contributed by atoms with Crippen molar-refractivity contribution in [3.8, 4) is 0 Å². The number of fused-ring (bicyclic) bond motifs is 1. The molecular weight excluding hydrogens is 412 g/mol. The summed E-state index contributed by atoms with van der Waals surface area (Å²) in [5.74, 6) is -0.613. The number of hydrogen-bond donors (Lipinski definition) is 2. The van der Waals surface area contributed by atoms with Gasteiger partial charge >= 0.3 is 0 Å². The Balaban J connectivity index is 1.44. The number of aryl methyl sites for hydroxylation is 2. The Morgan fingerprint density at radius 2 is 1.90 bits per heavy atom. The molecule has 0 spiro atoms. The van der Waals surface area contributed by atoms with E-state index >= 15 is 0 Å². The fourth-order valence-electron chi connectivity index (χ4n) is 3.20. The molecule has 0 saturated heterocycles. The van der Waals surface area contributed by atoms with Crippen LogP contribution in [0.4, 0.5) is 11.4 Å². The van der Waals surface area contributed by atoms with E-state index in [1.165, 1.54) is 22.2 Å². The van der Waals surface area contributed by atoms with Crippen LogP contribution in [0.3, 0.4) is 0 Å². The van der Waals surface area contributed by atoms with Crippen molar-refractivity contribution in [1.82, 2.24) is 9.55 Å². The van der Waals surface area contributed by atoms with E-state index in [1.54, 1.807) is 30.3 Å². The lowest BCUT2D eigenvalue weighted by Crippen LogP contribution is -2.24. The molecule has 2 aromatic carbocycles. The largest absolute Gasteiger partial charge is 0.325 e. The third-order valence-electron chi connectivity index (χ3n) is 4.75. The van der Waals surface area contributed by atoms with Crippen LogP contribution < -0.4 is 16.2 Å². The Hall–Kier alpha value is -3.78. The molecule has 0 aliphatic carbocycles. The summed E-state index contributed by atoms with van der Waals surface area (Å²) in [6.07, 6.45) is 1.53. The van der Waals surface area contributed by atoms with Crippen molar-refractivity contribution >= 4 is 44.7 Å². The van der Waals surface area contributed by atoms with Gasteiger partial charge in [-0.1, -0.05) is 24.3 Å². The third kappa shape index (κ3) is 4.70. The Morgan fingerprint density at radius 3 is 2.74 bits per heavy atom. The molecule has 0 fully saturated rings. The van der Waals surface area contributed by atoms with Crippen molar-refractivity contribution in [1.29, 1.82) is 0 Å². The van der Waals surface area contributed by atoms with Gasteiger partial charge in [0.05, 0.1) is 23.0 Å². The maximum absolute atomic E-state index is 12.7. The monoisotopic (exact) mass is 432 g/mol. The predicted molar refractivity (Wildman–Crippen MR) is 123 cm³/mol. The summed E-state index contributed by atoms with van der Waals surface area (Å²) in [5.41, 5.74) is 2.32. The highest BCUT2D eigenvalue weighted by molar-refractivity contribution is 7.16. The number of aromatic nitrogens is 2. The molecule has 2 amide bonds. The summed E-state index contributed by atoms with van der Waals surface area (Å²) in [7, 11) is 0. The maximum atomic E-state index is 12.7. The predicted octanol–water partition coefficient (Wildman–Crippen LogP) is 4.05. The average Bonchev–Trinajstić information content (AvgIpc) is 3.23. The fourth-order valence-corrected chi connectivity index (χ4v) is 3.92. The fraction of sp³-hybridized carbons (Fsp3) is 0.130. The summed E-state index contributed by atoms with van der Waals surface area (Å²) < 4.78 is 1.42. The van der Waals surface area contributed by atoms with Crippen LogP contribution in [-0.2, 0) is 11.3 Å². The zero-order valence-electron chi connectivity index (χ0n) is 16.8. The van der Waals surface area contributed by atoms with Crippen molar-refractivity contribution < 1.29 is 9.59 Å². The van der Waals surface area contributed by atoms with Gasteiger partial charge in [0.2, 0.25) is 5.91 Å². The topological polar surface area (TPSA) is 93.1 Å². The second-order valence-electron chi connectivity index (χ2n) is 7.05. The number of nitrogens with zero attached hydrogens (tertiary/aromatic N) is 2. The molecule has 0 atom stereocenters. The Morgan fingerprint density at radius 1 is 1.06 bits per heavy atom. The van der Waals surface area contributed by atoms with E-state index in [4.69, 9.17) is 0 Å². The lowest BCUT2D eigenvalue weighted by Gasteiger charge is -2.12. The molecule has 2 aromatic heterocycles. The van der Waals surface area contributed by atoms with Crippen LogP contribution in [-0.4, -0.2) is 21.4 Å². The summed E-state index contributed by atoms with van der Waals surface area (Å²) in [5, 5.41) is 7.99. The molecule has 0 aliphatic heterocycles. The number of carbonyl (C=O) groups excluding carboxylic acids is 2. The highest BCUT2D eigenvalue weighted by Crippen LogP contribution is 2.19. The number of benzene rings is 2. The van der Waals surface area contributed by atoms with Gasteiger partial charge in [0, 0.05) is 18.7 Å². The Kier molecular flexibility index (Phi) is 5.90. The molecule has 0 unspecified atom stereocenters. The van der Waals surface area contributed by atoms with Gasteiger partial charge in [-0.05, 0) is 48.2 Å². The standard InChI is InChI=1S/C23H20N4O3S/c1-15-5-4-6-16(13-15)25-21(29)17-7-2-3-8-19(17)26-20(28)9-11-27-14-24-22-18(23(27)30)10-12-31-22/h2-8,10,12-14H,9,11H2,1H3,(H,25,29)(H,26,28). The van der Waals surface area contributed by atoms with Crippen LogP contribution in [0, 0.1) is 6.92 Å². The molecule has 0 saturated carbocycles. The van der Waals surface area contributed by atoms with Gasteiger partial charge in [0.25, 0.3) is 11.5 Å². The van der Waals surface area contributed by atoms with Crippen molar-refractivity contribution in [2.75, 3.05) is 10.6 Å². The SMILES string of the molecule is Cc1cccc(NC(=O)c2ccccc2NC(=O)CCn2cnc3sccc3c2=O)c1. The maximum Gasteiger partial charge on any atom is 0.262 e. The number of amides is 2.